The largest absolute Gasteiger partial charge is 0.360 e. The van der Waals surface area contributed by atoms with Gasteiger partial charge in [-0.15, -0.1) is 0 Å². The van der Waals surface area contributed by atoms with Crippen molar-refractivity contribution in [2.75, 3.05) is 0 Å². The summed E-state index contributed by atoms with van der Waals surface area (Å²) in [5, 5.41) is 4.06. The quantitative estimate of drug-likeness (QED) is 0.640. The van der Waals surface area contributed by atoms with E-state index in [2.05, 4.69) is 21.1 Å². The van der Waals surface area contributed by atoms with Crippen LogP contribution in [-0.2, 0) is 11.2 Å². The monoisotopic (exact) mass is 293 g/mol. The van der Waals surface area contributed by atoms with Crippen molar-refractivity contribution < 1.29 is 9.32 Å². The Morgan fingerprint density at radius 3 is 2.71 bits per heavy atom. The molecule has 0 saturated heterocycles. The van der Waals surface area contributed by atoms with E-state index in [1.54, 1.807) is 0 Å². The van der Waals surface area contributed by atoms with Gasteiger partial charge < -0.3 is 9.32 Å². The highest BCUT2D eigenvalue weighted by molar-refractivity contribution is 9.09. The van der Waals surface area contributed by atoms with Gasteiger partial charge in [0.2, 0.25) is 0 Å². The lowest BCUT2D eigenvalue weighted by Gasteiger charge is -2.04. The molecular formula is C13H12BrNO2. The summed E-state index contributed by atoms with van der Waals surface area (Å²) in [6, 6.07) is 9.71. The molecule has 1 atom stereocenters. The minimum Gasteiger partial charge on any atom is -0.360 e. The molecule has 0 fully saturated rings. The second-order valence-corrected chi connectivity index (χ2v) is 4.61. The van der Waals surface area contributed by atoms with Crippen LogP contribution in [0.1, 0.15) is 23.1 Å². The Morgan fingerprint density at radius 2 is 2.12 bits per heavy atom. The van der Waals surface area contributed by atoms with Crippen LogP contribution in [0.2, 0.25) is 0 Å². The molecule has 1 aromatic heterocycles. The van der Waals surface area contributed by atoms with Crippen molar-refractivity contribution in [3.05, 3.63) is 41.7 Å². The normalized spacial score (nSPS) is 12.4. The number of halogens is 1. The molecular weight excluding hydrogens is 282 g/mol. The van der Waals surface area contributed by atoms with Crippen molar-refractivity contribution in [2.45, 2.75) is 18.2 Å². The average Bonchev–Trinajstić information content (AvgIpc) is 2.82. The zero-order chi connectivity index (χ0) is 12.3. The van der Waals surface area contributed by atoms with Crippen LogP contribution in [0.25, 0.3) is 11.3 Å². The van der Waals surface area contributed by atoms with E-state index >= 15 is 0 Å². The van der Waals surface area contributed by atoms with Gasteiger partial charge in [0.15, 0.2) is 0 Å². The van der Waals surface area contributed by atoms with Crippen LogP contribution >= 0.6 is 15.9 Å². The molecule has 0 N–H and O–H groups in total. The maximum absolute atomic E-state index is 10.9. The number of hydrogen-bond donors (Lipinski definition) is 0. The van der Waals surface area contributed by atoms with Gasteiger partial charge in [0.05, 0.1) is 0 Å². The van der Waals surface area contributed by atoms with E-state index in [1.807, 2.05) is 37.3 Å². The predicted octanol–water partition coefficient (Wildman–Crippen LogP) is 3.54. The molecule has 2 aromatic rings. The van der Waals surface area contributed by atoms with Crippen LogP contribution < -0.4 is 0 Å². The number of benzene rings is 1. The number of alkyl halides is 1. The van der Waals surface area contributed by atoms with Gasteiger partial charge in [-0.25, -0.2) is 0 Å². The van der Waals surface area contributed by atoms with Crippen molar-refractivity contribution >= 4 is 22.2 Å². The Hall–Kier alpha value is -1.42. The lowest BCUT2D eigenvalue weighted by atomic mass is 10.0. The summed E-state index contributed by atoms with van der Waals surface area (Å²) in [6.07, 6.45) is 1.56. The third kappa shape index (κ3) is 2.31. The van der Waals surface area contributed by atoms with Crippen molar-refractivity contribution in [2.24, 2.45) is 0 Å². The zero-order valence-corrected chi connectivity index (χ0v) is 11.0. The lowest BCUT2D eigenvalue weighted by Crippen LogP contribution is -1.96. The number of aryl methyl sites for hydroxylation is 1. The molecule has 4 heteroatoms. The molecule has 0 bridgehead atoms. The lowest BCUT2D eigenvalue weighted by molar-refractivity contribution is -0.107. The minimum absolute atomic E-state index is 0.376. The molecule has 0 aliphatic heterocycles. The summed E-state index contributed by atoms with van der Waals surface area (Å²) >= 11 is 3.34. The summed E-state index contributed by atoms with van der Waals surface area (Å²) < 4.78 is 5.28. The Labute approximate surface area is 108 Å². The minimum atomic E-state index is -0.376. The molecule has 0 radical (unpaired) electrons. The van der Waals surface area contributed by atoms with E-state index in [4.69, 9.17) is 4.52 Å². The van der Waals surface area contributed by atoms with Gasteiger partial charge in [-0.2, -0.15) is 0 Å². The van der Waals surface area contributed by atoms with E-state index in [-0.39, 0.29) is 4.83 Å². The Balaban J connectivity index is 2.55. The third-order valence-electron chi connectivity index (χ3n) is 2.57. The number of carbonyl (C=O) groups is 1. The fourth-order valence-corrected chi connectivity index (χ4v) is 2.21. The molecule has 2 rings (SSSR count). The van der Waals surface area contributed by atoms with Crippen molar-refractivity contribution in [3.63, 3.8) is 0 Å². The summed E-state index contributed by atoms with van der Waals surface area (Å²) in [7, 11) is 0. The average molecular weight is 294 g/mol. The number of aldehydes is 1. The fraction of sp³-hybridized carbons (Fsp3) is 0.231. The van der Waals surface area contributed by atoms with Crippen molar-refractivity contribution in [1.29, 1.82) is 0 Å². The van der Waals surface area contributed by atoms with Crippen molar-refractivity contribution in [3.8, 4) is 11.3 Å². The van der Waals surface area contributed by atoms with Crippen LogP contribution in [0.3, 0.4) is 0 Å². The van der Waals surface area contributed by atoms with E-state index in [1.165, 1.54) is 0 Å². The van der Waals surface area contributed by atoms with Gasteiger partial charge in [-0.05, 0) is 0 Å². The third-order valence-corrected chi connectivity index (χ3v) is 3.24. The van der Waals surface area contributed by atoms with Crippen molar-refractivity contribution in [1.82, 2.24) is 5.16 Å². The highest BCUT2D eigenvalue weighted by Crippen LogP contribution is 2.34. The van der Waals surface area contributed by atoms with Gasteiger partial charge in [0.25, 0.3) is 0 Å². The van der Waals surface area contributed by atoms with Crippen LogP contribution in [-0.4, -0.2) is 11.4 Å². The molecule has 1 unspecified atom stereocenters. The molecule has 88 valence electrons. The maximum atomic E-state index is 10.9. The molecule has 0 aliphatic carbocycles. The summed E-state index contributed by atoms with van der Waals surface area (Å²) in [6.45, 7) is 1.98. The summed E-state index contributed by atoms with van der Waals surface area (Å²) in [4.78, 5) is 10.6. The molecule has 1 aromatic carbocycles. The van der Waals surface area contributed by atoms with Gasteiger partial charge in [0, 0.05) is 17.5 Å². The molecule has 0 spiro atoms. The SMILES string of the molecule is CCc1onc(-c2ccccc2)c1C(Br)C=O. The second-order valence-electron chi connectivity index (χ2n) is 3.63. The second kappa shape index (κ2) is 5.27. The Bertz CT molecular complexity index is 507. The van der Waals surface area contributed by atoms with Gasteiger partial charge >= 0.3 is 0 Å². The molecule has 17 heavy (non-hydrogen) atoms. The first kappa shape index (κ1) is 12.0. The Morgan fingerprint density at radius 1 is 1.41 bits per heavy atom. The van der Waals surface area contributed by atoms with E-state index in [9.17, 15) is 4.79 Å². The number of hydrogen-bond acceptors (Lipinski definition) is 3. The first-order valence-electron chi connectivity index (χ1n) is 5.41. The maximum Gasteiger partial charge on any atom is 0.141 e. The van der Waals surface area contributed by atoms with Gasteiger partial charge in [-0.1, -0.05) is 58.3 Å². The zero-order valence-electron chi connectivity index (χ0n) is 9.39. The molecule has 3 nitrogen and oxygen atoms in total. The summed E-state index contributed by atoms with van der Waals surface area (Å²) in [5.41, 5.74) is 2.52. The van der Waals surface area contributed by atoms with Gasteiger partial charge in [-0.3, -0.25) is 0 Å². The number of carbonyl (C=O) groups excluding carboxylic acids is 1. The first-order chi connectivity index (χ1) is 8.27. The fourth-order valence-electron chi connectivity index (χ4n) is 1.74. The Kier molecular flexibility index (Phi) is 3.74. The van der Waals surface area contributed by atoms with Crippen LogP contribution in [0.4, 0.5) is 0 Å². The highest BCUT2D eigenvalue weighted by Gasteiger charge is 2.22. The molecule has 0 saturated carbocycles. The highest BCUT2D eigenvalue weighted by atomic mass is 79.9. The predicted molar refractivity (Wildman–Crippen MR) is 69.0 cm³/mol. The van der Waals surface area contributed by atoms with Crippen LogP contribution in [0, 0.1) is 0 Å². The summed E-state index contributed by atoms with van der Waals surface area (Å²) in [5.74, 6) is 0.748. The van der Waals surface area contributed by atoms with E-state index in [0.717, 1.165) is 28.9 Å². The van der Waals surface area contributed by atoms with Gasteiger partial charge in [0.1, 0.15) is 22.6 Å². The van der Waals surface area contributed by atoms with E-state index in [0.29, 0.717) is 6.42 Å². The molecule has 0 aliphatic rings. The first-order valence-corrected chi connectivity index (χ1v) is 6.32. The topological polar surface area (TPSA) is 43.1 Å². The standard InChI is InChI=1S/C13H12BrNO2/c1-2-11-12(10(14)8-16)13(15-17-11)9-6-4-3-5-7-9/h3-8,10H,2H2,1H3. The number of rotatable bonds is 4. The van der Waals surface area contributed by atoms with E-state index < -0.39 is 0 Å². The number of nitrogens with zero attached hydrogens (tertiary/aromatic N) is 1. The van der Waals surface area contributed by atoms with Crippen LogP contribution in [0.5, 0.6) is 0 Å². The molecule has 0 amide bonds. The molecule has 1 heterocycles. The smallest absolute Gasteiger partial charge is 0.141 e. The number of aromatic nitrogens is 1. The van der Waals surface area contributed by atoms with Crippen LogP contribution in [0.15, 0.2) is 34.9 Å².